The highest BCUT2D eigenvalue weighted by Gasteiger charge is 2.47. The summed E-state index contributed by atoms with van der Waals surface area (Å²) in [6.07, 6.45) is 5.68. The van der Waals surface area contributed by atoms with Crippen LogP contribution >= 0.6 is 0 Å². The molecule has 1 aromatic carbocycles. The van der Waals surface area contributed by atoms with Crippen molar-refractivity contribution >= 4 is 43.4 Å². The van der Waals surface area contributed by atoms with Gasteiger partial charge in [0.25, 0.3) is 0 Å². The fourth-order valence-corrected chi connectivity index (χ4v) is 7.52. The fourth-order valence-electron chi connectivity index (χ4n) is 4.90. The number of hydrogen-bond donors (Lipinski definition) is 1. The Bertz CT molecular complexity index is 1090. The molecule has 2 aromatic rings. The van der Waals surface area contributed by atoms with Crippen molar-refractivity contribution in [2.24, 2.45) is 5.41 Å². The van der Waals surface area contributed by atoms with Crippen LogP contribution in [0.1, 0.15) is 19.3 Å². The van der Waals surface area contributed by atoms with Crippen molar-refractivity contribution in [1.29, 1.82) is 0 Å². The second kappa shape index (κ2) is 7.42. The Morgan fingerprint density at radius 3 is 2.67 bits per heavy atom. The van der Waals surface area contributed by atoms with Crippen molar-refractivity contribution in [1.82, 2.24) is 14.3 Å². The normalized spacial score (nSPS) is 28.2. The summed E-state index contributed by atoms with van der Waals surface area (Å²) >= 11 is 0. The zero-order chi connectivity index (χ0) is 20.9. The average molecular weight is 450 g/mol. The number of hydrogen-bond acceptors (Lipinski definition) is 7. The van der Waals surface area contributed by atoms with Gasteiger partial charge < -0.3 is 10.2 Å². The van der Waals surface area contributed by atoms with Crippen molar-refractivity contribution in [3.63, 3.8) is 0 Å². The predicted octanol–water partition coefficient (Wildman–Crippen LogP) is 1.42. The Morgan fingerprint density at radius 1 is 1.20 bits per heavy atom. The first-order valence-electron chi connectivity index (χ1n) is 10.4. The molecule has 0 saturated carbocycles. The summed E-state index contributed by atoms with van der Waals surface area (Å²) in [4.78, 5) is 11.7. The SMILES string of the molecule is CS(=O)(=O)N1CCC(Nc2ncc3cccc(N4CCC5(C4)CS(=O)C5)c3n2)CC1. The van der Waals surface area contributed by atoms with E-state index in [9.17, 15) is 12.6 Å². The van der Waals surface area contributed by atoms with Gasteiger partial charge in [-0.2, -0.15) is 0 Å². The zero-order valence-electron chi connectivity index (χ0n) is 17.1. The van der Waals surface area contributed by atoms with E-state index >= 15 is 0 Å². The Kier molecular flexibility index (Phi) is 4.98. The number of nitrogens with zero attached hydrogens (tertiary/aromatic N) is 4. The van der Waals surface area contributed by atoms with Crippen LogP contribution in [-0.2, 0) is 20.8 Å². The topological polar surface area (TPSA) is 95.5 Å². The number of aromatic nitrogens is 2. The van der Waals surface area contributed by atoms with Gasteiger partial charge in [-0.1, -0.05) is 12.1 Å². The molecule has 0 bridgehead atoms. The van der Waals surface area contributed by atoms with Crippen molar-refractivity contribution in [2.75, 3.05) is 54.2 Å². The van der Waals surface area contributed by atoms with Gasteiger partial charge in [0.15, 0.2) is 0 Å². The lowest BCUT2D eigenvalue weighted by Crippen LogP contribution is -2.46. The number of sulfonamides is 1. The molecule has 0 radical (unpaired) electrons. The van der Waals surface area contributed by atoms with Crippen LogP contribution in [0, 0.1) is 5.41 Å². The van der Waals surface area contributed by atoms with Crippen LogP contribution in [0.4, 0.5) is 11.6 Å². The number of para-hydroxylation sites is 1. The van der Waals surface area contributed by atoms with Gasteiger partial charge in [-0.15, -0.1) is 0 Å². The molecular weight excluding hydrogens is 422 g/mol. The van der Waals surface area contributed by atoms with Crippen molar-refractivity contribution in [3.05, 3.63) is 24.4 Å². The second-order valence-corrected chi connectivity index (χ2v) is 12.3. The number of rotatable bonds is 4. The van der Waals surface area contributed by atoms with Gasteiger partial charge in [-0.05, 0) is 25.3 Å². The summed E-state index contributed by atoms with van der Waals surface area (Å²) in [5, 5.41) is 4.41. The Hall–Kier alpha value is -1.78. The standard InChI is InChI=1S/C20H27N5O3S2/c1-30(27,28)25-8-5-16(6-9-25)22-19-21-11-15-3-2-4-17(18(15)23-19)24-10-7-20(12-24)13-29(26)14-20/h2-4,11,16H,5-10,12-14H2,1H3,(H,21,22,23). The van der Waals surface area contributed by atoms with Gasteiger partial charge in [-0.3, -0.25) is 4.21 Å². The van der Waals surface area contributed by atoms with E-state index in [-0.39, 0.29) is 11.5 Å². The van der Waals surface area contributed by atoms with Crippen LogP contribution in [0.5, 0.6) is 0 Å². The van der Waals surface area contributed by atoms with Gasteiger partial charge in [0.1, 0.15) is 0 Å². The van der Waals surface area contributed by atoms with E-state index in [2.05, 4.69) is 21.3 Å². The van der Waals surface area contributed by atoms with Gasteiger partial charge in [0.2, 0.25) is 16.0 Å². The number of piperidine rings is 1. The third-order valence-corrected chi connectivity index (χ3v) is 9.73. The van der Waals surface area contributed by atoms with Crippen LogP contribution in [0.2, 0.25) is 0 Å². The maximum atomic E-state index is 11.7. The van der Waals surface area contributed by atoms with Gasteiger partial charge in [0, 0.05) is 71.5 Å². The number of fused-ring (bicyclic) bond motifs is 1. The Labute approximate surface area is 179 Å². The van der Waals surface area contributed by atoms with Crippen LogP contribution in [-0.4, -0.2) is 76.9 Å². The third kappa shape index (κ3) is 3.80. The molecule has 0 unspecified atom stereocenters. The summed E-state index contributed by atoms with van der Waals surface area (Å²) in [6, 6.07) is 6.34. The number of anilines is 2. The van der Waals surface area contributed by atoms with Gasteiger partial charge in [0.05, 0.1) is 17.5 Å². The first-order chi connectivity index (χ1) is 14.3. The van der Waals surface area contributed by atoms with Crippen LogP contribution < -0.4 is 10.2 Å². The molecular formula is C20H27N5O3S2. The molecule has 0 amide bonds. The van der Waals surface area contributed by atoms with E-state index < -0.39 is 20.8 Å². The van der Waals surface area contributed by atoms with Crippen molar-refractivity contribution in [2.45, 2.75) is 25.3 Å². The summed E-state index contributed by atoms with van der Waals surface area (Å²) in [6.45, 7) is 2.95. The maximum absolute atomic E-state index is 11.7. The van der Waals surface area contributed by atoms with Crippen LogP contribution in [0.3, 0.4) is 0 Å². The lowest BCUT2D eigenvalue weighted by Gasteiger charge is -2.37. The smallest absolute Gasteiger partial charge is 0.223 e. The fraction of sp³-hybridized carbons (Fsp3) is 0.600. The van der Waals surface area contributed by atoms with Crippen LogP contribution in [0.15, 0.2) is 24.4 Å². The molecule has 5 rings (SSSR count). The predicted molar refractivity (Wildman–Crippen MR) is 120 cm³/mol. The van der Waals surface area contributed by atoms with Crippen LogP contribution in [0.25, 0.3) is 10.9 Å². The molecule has 4 heterocycles. The third-order valence-electron chi connectivity index (χ3n) is 6.56. The number of nitrogens with one attached hydrogen (secondary N) is 1. The molecule has 1 N–H and O–H groups in total. The van der Waals surface area contributed by atoms with E-state index in [0.29, 0.717) is 19.0 Å². The second-order valence-electron chi connectivity index (χ2n) is 8.89. The minimum atomic E-state index is -3.13. The first kappa shape index (κ1) is 20.1. The zero-order valence-corrected chi connectivity index (χ0v) is 18.7. The Balaban J connectivity index is 1.33. The largest absolute Gasteiger partial charge is 0.369 e. The first-order valence-corrected chi connectivity index (χ1v) is 13.7. The summed E-state index contributed by atoms with van der Waals surface area (Å²) in [5.74, 6) is 2.23. The molecule has 0 aliphatic carbocycles. The maximum Gasteiger partial charge on any atom is 0.223 e. The molecule has 1 aromatic heterocycles. The van der Waals surface area contributed by atoms with E-state index in [4.69, 9.17) is 4.98 Å². The molecule has 30 heavy (non-hydrogen) atoms. The van der Waals surface area contributed by atoms with Gasteiger partial charge >= 0.3 is 0 Å². The lowest BCUT2D eigenvalue weighted by molar-refractivity contribution is 0.331. The molecule has 3 fully saturated rings. The van der Waals surface area contributed by atoms with E-state index in [1.807, 2.05) is 18.3 Å². The number of benzene rings is 1. The quantitative estimate of drug-likeness (QED) is 0.754. The van der Waals surface area contributed by atoms with E-state index in [0.717, 1.165) is 60.4 Å². The summed E-state index contributed by atoms with van der Waals surface area (Å²) < 4.78 is 36.6. The minimum Gasteiger partial charge on any atom is -0.369 e. The molecule has 162 valence electrons. The highest BCUT2D eigenvalue weighted by molar-refractivity contribution is 7.88. The summed E-state index contributed by atoms with van der Waals surface area (Å²) in [5.41, 5.74) is 2.26. The average Bonchev–Trinajstić information content (AvgIpc) is 3.12. The molecule has 3 aliphatic heterocycles. The summed E-state index contributed by atoms with van der Waals surface area (Å²) in [7, 11) is -3.77. The van der Waals surface area contributed by atoms with Crippen molar-refractivity contribution < 1.29 is 12.6 Å². The highest BCUT2D eigenvalue weighted by Crippen LogP contribution is 2.42. The van der Waals surface area contributed by atoms with E-state index in [1.54, 1.807) is 0 Å². The highest BCUT2D eigenvalue weighted by atomic mass is 32.2. The minimum absolute atomic E-state index is 0.160. The molecule has 3 aliphatic rings. The van der Waals surface area contributed by atoms with E-state index in [1.165, 1.54) is 10.6 Å². The van der Waals surface area contributed by atoms with Gasteiger partial charge in [-0.25, -0.2) is 22.7 Å². The molecule has 3 saturated heterocycles. The molecule has 0 atom stereocenters. The van der Waals surface area contributed by atoms with Crippen molar-refractivity contribution in [3.8, 4) is 0 Å². The monoisotopic (exact) mass is 449 g/mol. The molecule has 1 spiro atoms. The molecule has 10 heteroatoms. The Morgan fingerprint density at radius 2 is 1.97 bits per heavy atom. The lowest BCUT2D eigenvalue weighted by atomic mass is 9.91. The molecule has 8 nitrogen and oxygen atoms in total.